The molecular formula is C11H17N5. The van der Waals surface area contributed by atoms with Gasteiger partial charge in [0.2, 0.25) is 0 Å². The van der Waals surface area contributed by atoms with Crippen LogP contribution in [0.15, 0.2) is 33.3 Å². The fourth-order valence-corrected chi connectivity index (χ4v) is 1.72. The van der Waals surface area contributed by atoms with Crippen molar-refractivity contribution in [2.45, 2.75) is 26.4 Å². The maximum Gasteiger partial charge on any atom is 0.200 e. The van der Waals surface area contributed by atoms with E-state index in [1.807, 2.05) is 6.92 Å². The molecule has 0 aromatic rings. The monoisotopic (exact) mass is 219 g/mol. The third-order valence-corrected chi connectivity index (χ3v) is 2.62. The molecule has 1 heterocycles. The van der Waals surface area contributed by atoms with Crippen LogP contribution < -0.4 is 16.4 Å². The molecule has 0 bridgehead atoms. The van der Waals surface area contributed by atoms with Gasteiger partial charge in [-0.1, -0.05) is 17.7 Å². The Morgan fingerprint density at radius 3 is 3.06 bits per heavy atom. The molecule has 1 unspecified atom stereocenters. The van der Waals surface area contributed by atoms with Crippen LogP contribution in [0.5, 0.6) is 0 Å². The highest BCUT2D eigenvalue weighted by Gasteiger charge is 2.12. The summed E-state index contributed by atoms with van der Waals surface area (Å²) in [6.45, 7) is 4.75. The first-order valence-electron chi connectivity index (χ1n) is 5.41. The highest BCUT2D eigenvalue weighted by Crippen LogP contribution is 2.17. The molecule has 5 nitrogen and oxygen atoms in total. The van der Waals surface area contributed by atoms with Crippen molar-refractivity contribution in [2.24, 2.45) is 15.7 Å². The van der Waals surface area contributed by atoms with Crippen LogP contribution in [0.3, 0.4) is 0 Å². The summed E-state index contributed by atoms with van der Waals surface area (Å²) in [4.78, 5) is 8.53. The Morgan fingerprint density at radius 1 is 1.62 bits per heavy atom. The number of rotatable bonds is 2. The number of allylic oxidation sites excluding steroid dienone is 2. The van der Waals surface area contributed by atoms with Gasteiger partial charge in [0, 0.05) is 0 Å². The van der Waals surface area contributed by atoms with Crippen LogP contribution in [0.2, 0.25) is 0 Å². The molecule has 1 atom stereocenters. The van der Waals surface area contributed by atoms with E-state index in [1.165, 1.54) is 11.1 Å². The molecule has 2 aliphatic rings. The van der Waals surface area contributed by atoms with E-state index >= 15 is 0 Å². The molecule has 0 saturated heterocycles. The molecule has 1 aliphatic heterocycles. The molecule has 0 saturated carbocycles. The molecule has 2 rings (SSSR count). The Morgan fingerprint density at radius 2 is 2.44 bits per heavy atom. The van der Waals surface area contributed by atoms with Crippen molar-refractivity contribution in [3.05, 3.63) is 23.3 Å². The lowest BCUT2D eigenvalue weighted by Gasteiger charge is -2.20. The minimum absolute atomic E-state index is 0.0193. The van der Waals surface area contributed by atoms with E-state index in [1.54, 1.807) is 0 Å². The SMILES string of the molecule is CC1=C(CN=C2NC(N)=NC(C)N2)C=CC1. The van der Waals surface area contributed by atoms with E-state index in [-0.39, 0.29) is 6.17 Å². The largest absolute Gasteiger partial charge is 0.370 e. The number of nitrogens with zero attached hydrogens (tertiary/aromatic N) is 2. The highest BCUT2D eigenvalue weighted by molar-refractivity contribution is 5.99. The predicted octanol–water partition coefficient (Wildman–Crippen LogP) is 0.472. The van der Waals surface area contributed by atoms with Crippen molar-refractivity contribution in [3.8, 4) is 0 Å². The molecule has 0 aromatic carbocycles. The topological polar surface area (TPSA) is 74.8 Å². The lowest BCUT2D eigenvalue weighted by atomic mass is 10.2. The first-order valence-corrected chi connectivity index (χ1v) is 5.41. The lowest BCUT2D eigenvalue weighted by molar-refractivity contribution is 0.665. The molecule has 0 amide bonds. The van der Waals surface area contributed by atoms with E-state index in [0.717, 1.165) is 6.42 Å². The summed E-state index contributed by atoms with van der Waals surface area (Å²) < 4.78 is 0. The fourth-order valence-electron chi connectivity index (χ4n) is 1.72. The highest BCUT2D eigenvalue weighted by atomic mass is 15.3. The van der Waals surface area contributed by atoms with Gasteiger partial charge in [-0.2, -0.15) is 0 Å². The Balaban J connectivity index is 2.01. The summed E-state index contributed by atoms with van der Waals surface area (Å²) in [7, 11) is 0. The standard InChI is InChI=1S/C11H17N5/c1-7-4-3-5-9(7)6-13-11-15-8(2)14-10(12)16-11/h3,5,8H,4,6H2,1-2H3,(H4,12,13,14,15,16). The molecule has 16 heavy (non-hydrogen) atoms. The van der Waals surface area contributed by atoms with Crippen molar-refractivity contribution >= 4 is 11.9 Å². The molecule has 0 fully saturated rings. The summed E-state index contributed by atoms with van der Waals surface area (Å²) in [5.41, 5.74) is 8.29. The Hall–Kier alpha value is -1.78. The molecule has 86 valence electrons. The molecule has 1 aliphatic carbocycles. The van der Waals surface area contributed by atoms with Crippen molar-refractivity contribution in [3.63, 3.8) is 0 Å². The smallest absolute Gasteiger partial charge is 0.200 e. The van der Waals surface area contributed by atoms with Gasteiger partial charge >= 0.3 is 0 Å². The average molecular weight is 219 g/mol. The zero-order valence-electron chi connectivity index (χ0n) is 9.62. The van der Waals surface area contributed by atoms with Crippen LogP contribution in [0, 0.1) is 0 Å². The van der Waals surface area contributed by atoms with Crippen molar-refractivity contribution in [1.82, 2.24) is 10.6 Å². The van der Waals surface area contributed by atoms with Gasteiger partial charge in [0.15, 0.2) is 11.9 Å². The second-order valence-corrected chi connectivity index (χ2v) is 4.04. The first kappa shape index (κ1) is 10.7. The Bertz CT molecular complexity index is 403. The number of hydrogen-bond donors (Lipinski definition) is 3. The second kappa shape index (κ2) is 4.38. The lowest BCUT2D eigenvalue weighted by Crippen LogP contribution is -2.52. The second-order valence-electron chi connectivity index (χ2n) is 4.04. The number of guanidine groups is 2. The maximum atomic E-state index is 5.62. The normalized spacial score (nSPS) is 26.8. The molecule has 0 aromatic heterocycles. The van der Waals surface area contributed by atoms with Gasteiger partial charge in [0.25, 0.3) is 0 Å². The minimum atomic E-state index is -0.0193. The molecule has 5 heteroatoms. The summed E-state index contributed by atoms with van der Waals surface area (Å²) in [6, 6.07) is 0. The van der Waals surface area contributed by atoms with E-state index in [0.29, 0.717) is 18.5 Å². The summed E-state index contributed by atoms with van der Waals surface area (Å²) in [6.07, 6.45) is 5.31. The van der Waals surface area contributed by atoms with Crippen molar-refractivity contribution < 1.29 is 0 Å². The fraction of sp³-hybridized carbons (Fsp3) is 0.455. The van der Waals surface area contributed by atoms with Crippen LogP contribution in [-0.2, 0) is 0 Å². The Kier molecular flexibility index (Phi) is 2.94. The Labute approximate surface area is 95.2 Å². The number of aliphatic imine (C=N–C) groups is 2. The van der Waals surface area contributed by atoms with Crippen LogP contribution >= 0.6 is 0 Å². The van der Waals surface area contributed by atoms with Crippen LogP contribution in [-0.4, -0.2) is 24.6 Å². The predicted molar refractivity (Wildman–Crippen MR) is 66.1 cm³/mol. The quantitative estimate of drug-likeness (QED) is 0.632. The summed E-state index contributed by atoms with van der Waals surface area (Å²) >= 11 is 0. The van der Waals surface area contributed by atoms with Gasteiger partial charge < -0.3 is 11.1 Å². The molecule has 0 radical (unpaired) electrons. The third-order valence-electron chi connectivity index (χ3n) is 2.62. The number of hydrogen-bond acceptors (Lipinski definition) is 3. The maximum absolute atomic E-state index is 5.62. The van der Waals surface area contributed by atoms with Crippen LogP contribution in [0.25, 0.3) is 0 Å². The van der Waals surface area contributed by atoms with Crippen LogP contribution in [0.4, 0.5) is 0 Å². The zero-order valence-corrected chi connectivity index (χ0v) is 9.62. The van der Waals surface area contributed by atoms with Gasteiger partial charge in [0.1, 0.15) is 6.17 Å². The van der Waals surface area contributed by atoms with Crippen molar-refractivity contribution in [1.29, 1.82) is 0 Å². The number of nitrogens with one attached hydrogen (secondary N) is 2. The third kappa shape index (κ3) is 2.42. The molecular weight excluding hydrogens is 202 g/mol. The molecule has 4 N–H and O–H groups in total. The summed E-state index contributed by atoms with van der Waals surface area (Å²) in [5, 5.41) is 6.02. The zero-order chi connectivity index (χ0) is 11.5. The number of nitrogens with two attached hydrogens (primary N) is 1. The van der Waals surface area contributed by atoms with Gasteiger partial charge in [-0.15, -0.1) is 0 Å². The van der Waals surface area contributed by atoms with Gasteiger partial charge in [-0.25, -0.2) is 9.98 Å². The van der Waals surface area contributed by atoms with Gasteiger partial charge in [0.05, 0.1) is 6.54 Å². The van der Waals surface area contributed by atoms with E-state index < -0.39 is 0 Å². The molecule has 0 spiro atoms. The van der Waals surface area contributed by atoms with Gasteiger partial charge in [-0.05, 0) is 25.8 Å². The van der Waals surface area contributed by atoms with E-state index in [2.05, 4.69) is 39.7 Å². The summed E-state index contributed by atoms with van der Waals surface area (Å²) in [5.74, 6) is 1.11. The van der Waals surface area contributed by atoms with E-state index in [9.17, 15) is 0 Å². The van der Waals surface area contributed by atoms with E-state index in [4.69, 9.17) is 5.73 Å². The minimum Gasteiger partial charge on any atom is -0.370 e. The van der Waals surface area contributed by atoms with Crippen LogP contribution in [0.1, 0.15) is 20.3 Å². The average Bonchev–Trinajstić information content (AvgIpc) is 2.59. The van der Waals surface area contributed by atoms with Gasteiger partial charge in [-0.3, -0.25) is 5.32 Å². The first-order chi connectivity index (χ1) is 7.65. The van der Waals surface area contributed by atoms with Crippen molar-refractivity contribution in [2.75, 3.05) is 6.54 Å².